The van der Waals surface area contributed by atoms with Crippen LogP contribution in [0.15, 0.2) is 53.2 Å². The lowest BCUT2D eigenvalue weighted by Gasteiger charge is -2.02. The van der Waals surface area contributed by atoms with Gasteiger partial charge in [0.2, 0.25) is 0 Å². The summed E-state index contributed by atoms with van der Waals surface area (Å²) in [4.78, 5) is 7.13. The van der Waals surface area contributed by atoms with Crippen molar-refractivity contribution < 1.29 is 13.2 Å². The normalized spacial score (nSPS) is 11.3. The third-order valence-corrected chi connectivity index (χ3v) is 3.88. The first-order chi connectivity index (χ1) is 11.1. The summed E-state index contributed by atoms with van der Waals surface area (Å²) in [7, 11) is 0. The fourth-order valence-corrected chi connectivity index (χ4v) is 2.72. The molecule has 0 spiro atoms. The van der Waals surface area contributed by atoms with Crippen molar-refractivity contribution in [2.75, 3.05) is 0 Å². The van der Waals surface area contributed by atoms with Gasteiger partial charge >= 0.3 is 0 Å². The van der Waals surface area contributed by atoms with E-state index < -0.39 is 5.82 Å². The lowest BCUT2D eigenvalue weighted by molar-refractivity contribution is 0.619. The van der Waals surface area contributed by atoms with Crippen LogP contribution < -0.4 is 0 Å². The number of rotatable bonds is 2. The molecule has 2 aromatic carbocycles. The Kier molecular flexibility index (Phi) is 3.16. The van der Waals surface area contributed by atoms with Crippen LogP contribution in [0, 0.1) is 11.6 Å². The van der Waals surface area contributed by atoms with Gasteiger partial charge in [-0.15, -0.1) is 0 Å². The number of hydrogen-bond donors (Lipinski definition) is 1. The van der Waals surface area contributed by atoms with Crippen molar-refractivity contribution in [1.82, 2.24) is 9.97 Å². The lowest BCUT2D eigenvalue weighted by atomic mass is 10.0. The maximum Gasteiger partial charge on any atom is 0.153 e. The second-order valence-corrected chi connectivity index (χ2v) is 5.39. The van der Waals surface area contributed by atoms with Crippen LogP contribution in [0.2, 0.25) is 5.02 Å². The van der Waals surface area contributed by atoms with E-state index in [1.807, 2.05) is 0 Å². The first-order valence-corrected chi connectivity index (χ1v) is 7.19. The third-order valence-electron chi connectivity index (χ3n) is 3.59. The molecule has 0 aliphatic carbocycles. The number of hydrogen-bond acceptors (Lipinski definition) is 2. The highest BCUT2D eigenvalue weighted by Crippen LogP contribution is 2.41. The molecular weight excluding hydrogens is 322 g/mol. The number of benzene rings is 2. The Balaban J connectivity index is 2.10. The molecule has 2 aromatic heterocycles. The third kappa shape index (κ3) is 2.21. The van der Waals surface area contributed by atoms with Gasteiger partial charge in [0.25, 0.3) is 0 Å². The number of fused-ring (bicyclic) bond motifs is 1. The maximum absolute atomic E-state index is 14.6. The molecule has 23 heavy (non-hydrogen) atoms. The number of aromatic amines is 1. The standard InChI is InChI=1S/C17H9ClF2N2O/c18-11-5-6-12-13(15(11)20)14(17-21-7-8-22-17)16(23-12)9-1-3-10(19)4-2-9/h1-8H,(H,21,22). The van der Waals surface area contributed by atoms with E-state index in [1.54, 1.807) is 30.6 Å². The monoisotopic (exact) mass is 330 g/mol. The largest absolute Gasteiger partial charge is 0.455 e. The summed E-state index contributed by atoms with van der Waals surface area (Å²) >= 11 is 5.90. The van der Waals surface area contributed by atoms with Gasteiger partial charge < -0.3 is 9.40 Å². The van der Waals surface area contributed by atoms with E-state index >= 15 is 0 Å². The van der Waals surface area contributed by atoms with Crippen LogP contribution in [0.1, 0.15) is 0 Å². The zero-order valence-corrected chi connectivity index (χ0v) is 12.4. The molecule has 0 radical (unpaired) electrons. The van der Waals surface area contributed by atoms with Crippen LogP contribution in [-0.4, -0.2) is 9.97 Å². The predicted octanol–water partition coefficient (Wildman–Crippen LogP) is 5.42. The topological polar surface area (TPSA) is 41.8 Å². The van der Waals surface area contributed by atoms with Gasteiger partial charge in [0.15, 0.2) is 5.82 Å². The van der Waals surface area contributed by atoms with E-state index in [4.69, 9.17) is 16.0 Å². The summed E-state index contributed by atoms with van der Waals surface area (Å²) in [5.74, 6) is -0.0910. The van der Waals surface area contributed by atoms with Crippen molar-refractivity contribution in [3.8, 4) is 22.7 Å². The molecule has 0 saturated carbocycles. The average Bonchev–Trinajstić information content (AvgIpc) is 3.19. The molecule has 0 aliphatic rings. The van der Waals surface area contributed by atoms with Gasteiger partial charge in [-0.25, -0.2) is 13.8 Å². The second kappa shape index (κ2) is 5.21. The smallest absolute Gasteiger partial charge is 0.153 e. The zero-order chi connectivity index (χ0) is 16.0. The van der Waals surface area contributed by atoms with Crippen molar-refractivity contribution in [2.24, 2.45) is 0 Å². The summed E-state index contributed by atoms with van der Waals surface area (Å²) in [6.45, 7) is 0. The number of nitrogens with one attached hydrogen (secondary N) is 1. The summed E-state index contributed by atoms with van der Waals surface area (Å²) in [5, 5.41) is 0.239. The molecule has 4 aromatic rings. The van der Waals surface area contributed by atoms with Gasteiger partial charge in [-0.1, -0.05) is 11.6 Å². The van der Waals surface area contributed by atoms with E-state index in [0.29, 0.717) is 28.3 Å². The Bertz CT molecular complexity index is 992. The molecule has 0 atom stereocenters. The van der Waals surface area contributed by atoms with Gasteiger partial charge in [0.05, 0.1) is 16.0 Å². The molecule has 2 heterocycles. The summed E-state index contributed by atoms with van der Waals surface area (Å²) < 4.78 is 33.5. The minimum Gasteiger partial charge on any atom is -0.455 e. The van der Waals surface area contributed by atoms with Gasteiger partial charge in [-0.05, 0) is 36.4 Å². The van der Waals surface area contributed by atoms with Gasteiger partial charge in [-0.2, -0.15) is 0 Å². The Morgan fingerprint density at radius 1 is 1.04 bits per heavy atom. The molecule has 0 aliphatic heterocycles. The Hall–Kier alpha value is -2.66. The molecule has 4 rings (SSSR count). The predicted molar refractivity (Wildman–Crippen MR) is 84.2 cm³/mol. The van der Waals surface area contributed by atoms with E-state index in [0.717, 1.165) is 0 Å². The molecule has 0 unspecified atom stereocenters. The fourth-order valence-electron chi connectivity index (χ4n) is 2.56. The highest BCUT2D eigenvalue weighted by molar-refractivity contribution is 6.31. The SMILES string of the molecule is Fc1ccc(-c2oc3ccc(Cl)c(F)c3c2-c2ncc[nH]2)cc1. The van der Waals surface area contributed by atoms with E-state index in [-0.39, 0.29) is 16.2 Å². The molecule has 0 amide bonds. The van der Waals surface area contributed by atoms with Crippen LogP contribution >= 0.6 is 11.6 Å². The molecule has 0 bridgehead atoms. The molecule has 6 heteroatoms. The molecule has 1 N–H and O–H groups in total. The van der Waals surface area contributed by atoms with Crippen molar-refractivity contribution in [1.29, 1.82) is 0 Å². The average molecular weight is 331 g/mol. The Labute approximate surface area is 134 Å². The van der Waals surface area contributed by atoms with E-state index in [2.05, 4.69) is 9.97 Å². The maximum atomic E-state index is 14.6. The quantitative estimate of drug-likeness (QED) is 0.533. The number of H-pyrrole nitrogens is 1. The van der Waals surface area contributed by atoms with Crippen molar-refractivity contribution in [3.63, 3.8) is 0 Å². The fraction of sp³-hybridized carbons (Fsp3) is 0. The second-order valence-electron chi connectivity index (χ2n) is 4.99. The van der Waals surface area contributed by atoms with Crippen LogP contribution in [-0.2, 0) is 0 Å². The number of imidazole rings is 1. The van der Waals surface area contributed by atoms with Crippen LogP contribution in [0.5, 0.6) is 0 Å². The zero-order valence-electron chi connectivity index (χ0n) is 11.6. The van der Waals surface area contributed by atoms with Crippen molar-refractivity contribution in [3.05, 3.63) is 65.4 Å². The first-order valence-electron chi connectivity index (χ1n) is 6.81. The lowest BCUT2D eigenvalue weighted by Crippen LogP contribution is -1.86. The minimum atomic E-state index is -0.576. The molecule has 0 fully saturated rings. The number of halogens is 3. The molecule has 3 nitrogen and oxygen atoms in total. The first kappa shape index (κ1) is 14.0. The summed E-state index contributed by atoms with van der Waals surface area (Å²) in [6.07, 6.45) is 3.19. The molecule has 114 valence electrons. The van der Waals surface area contributed by atoms with Crippen LogP contribution in [0.4, 0.5) is 8.78 Å². The summed E-state index contributed by atoms with van der Waals surface area (Å²) in [5.41, 5.74) is 1.42. The van der Waals surface area contributed by atoms with Crippen molar-refractivity contribution >= 4 is 22.6 Å². The Morgan fingerprint density at radius 3 is 2.52 bits per heavy atom. The summed E-state index contributed by atoms with van der Waals surface area (Å²) in [6, 6.07) is 8.80. The molecule has 0 saturated heterocycles. The van der Waals surface area contributed by atoms with Crippen molar-refractivity contribution in [2.45, 2.75) is 0 Å². The number of furan rings is 1. The van der Waals surface area contributed by atoms with Gasteiger partial charge in [-0.3, -0.25) is 0 Å². The van der Waals surface area contributed by atoms with Crippen LogP contribution in [0.3, 0.4) is 0 Å². The number of aromatic nitrogens is 2. The highest BCUT2D eigenvalue weighted by Gasteiger charge is 2.23. The minimum absolute atomic E-state index is 0.00300. The molecular formula is C17H9ClF2N2O. The van der Waals surface area contributed by atoms with Crippen LogP contribution in [0.25, 0.3) is 33.7 Å². The highest BCUT2D eigenvalue weighted by atomic mass is 35.5. The van der Waals surface area contributed by atoms with E-state index in [1.165, 1.54) is 18.2 Å². The van der Waals surface area contributed by atoms with Gasteiger partial charge in [0, 0.05) is 18.0 Å². The Morgan fingerprint density at radius 2 is 1.83 bits per heavy atom. The van der Waals surface area contributed by atoms with Gasteiger partial charge in [0.1, 0.15) is 23.0 Å². The van der Waals surface area contributed by atoms with E-state index in [9.17, 15) is 8.78 Å². The number of nitrogens with zero attached hydrogens (tertiary/aromatic N) is 1.